The van der Waals surface area contributed by atoms with Gasteiger partial charge in [-0.2, -0.15) is 0 Å². The number of carbonyl (C=O) groups is 3. The Morgan fingerprint density at radius 1 is 1.17 bits per heavy atom. The van der Waals surface area contributed by atoms with Gasteiger partial charge in [0, 0.05) is 25.5 Å². The Bertz CT molecular complexity index is 1200. The highest BCUT2D eigenvalue weighted by molar-refractivity contribution is 6.32. The zero-order chi connectivity index (χ0) is 25.7. The van der Waals surface area contributed by atoms with E-state index < -0.39 is 35.5 Å². The number of benzene rings is 1. The summed E-state index contributed by atoms with van der Waals surface area (Å²) in [5.74, 6) is -1.68. The molecule has 13 heteroatoms. The standard InChI is InChI=1S/C23H22F3N5O5/c1-14-12-22(14)20(33)30(15-2-4-16(5-3-15)36-23(24,25)26)21(34)31(22)18-6-7-27-13-17(18)19(32)28-29-8-10-35-11-9-29/h2-7,13-14H,8-12H2,1H3,(H,28,32). The minimum atomic E-state index is -4.87. The average Bonchev–Trinajstić information content (AvgIpc) is 3.45. The molecule has 1 saturated carbocycles. The second-order valence-corrected chi connectivity index (χ2v) is 8.76. The average molecular weight is 505 g/mol. The minimum absolute atomic E-state index is 0.0915. The first kappa shape index (κ1) is 24.0. The number of rotatable bonds is 5. The zero-order valence-corrected chi connectivity index (χ0v) is 19.1. The van der Waals surface area contributed by atoms with E-state index >= 15 is 0 Å². The van der Waals surface area contributed by atoms with E-state index in [0.717, 1.165) is 17.0 Å². The number of aromatic nitrogens is 1. The number of halogens is 3. The SMILES string of the molecule is CC1CC12C(=O)N(c1ccc(OC(F)(F)F)cc1)C(=O)N2c1ccncc1C(=O)NN1CCOCC1. The zero-order valence-electron chi connectivity index (χ0n) is 19.1. The predicted molar refractivity (Wildman–Crippen MR) is 119 cm³/mol. The van der Waals surface area contributed by atoms with Gasteiger partial charge in [0.2, 0.25) is 0 Å². The number of urea groups is 1. The third-order valence-electron chi connectivity index (χ3n) is 6.51. The van der Waals surface area contributed by atoms with Crippen molar-refractivity contribution in [1.29, 1.82) is 0 Å². The molecule has 2 atom stereocenters. The van der Waals surface area contributed by atoms with Crippen LogP contribution in [0.25, 0.3) is 0 Å². The first-order valence-corrected chi connectivity index (χ1v) is 11.2. The van der Waals surface area contributed by atoms with E-state index in [2.05, 4.69) is 15.1 Å². The molecule has 1 N–H and O–H groups in total. The summed E-state index contributed by atoms with van der Waals surface area (Å²) in [5.41, 5.74) is 2.01. The monoisotopic (exact) mass is 505 g/mol. The van der Waals surface area contributed by atoms with Crippen LogP contribution in [0.15, 0.2) is 42.7 Å². The molecule has 2 unspecified atom stereocenters. The number of hydrazine groups is 1. The van der Waals surface area contributed by atoms with Gasteiger partial charge in [-0.15, -0.1) is 13.2 Å². The largest absolute Gasteiger partial charge is 0.573 e. The fraction of sp³-hybridized carbons (Fsp3) is 0.391. The summed E-state index contributed by atoms with van der Waals surface area (Å²) in [6, 6.07) is 5.27. The number of alkyl halides is 3. The van der Waals surface area contributed by atoms with Gasteiger partial charge >= 0.3 is 12.4 Å². The van der Waals surface area contributed by atoms with Gasteiger partial charge in [0.15, 0.2) is 0 Å². The van der Waals surface area contributed by atoms with E-state index in [4.69, 9.17) is 4.74 Å². The van der Waals surface area contributed by atoms with Crippen LogP contribution in [0.4, 0.5) is 29.3 Å². The van der Waals surface area contributed by atoms with E-state index in [1.54, 1.807) is 5.01 Å². The van der Waals surface area contributed by atoms with Crippen molar-refractivity contribution in [2.24, 2.45) is 5.92 Å². The Morgan fingerprint density at radius 2 is 1.83 bits per heavy atom. The Hall–Kier alpha value is -3.71. The molecule has 0 radical (unpaired) electrons. The van der Waals surface area contributed by atoms with Crippen LogP contribution in [0.3, 0.4) is 0 Å². The van der Waals surface area contributed by atoms with Crippen LogP contribution in [0, 0.1) is 5.92 Å². The highest BCUT2D eigenvalue weighted by Gasteiger charge is 2.71. The van der Waals surface area contributed by atoms with Crippen molar-refractivity contribution >= 4 is 29.2 Å². The molecule has 3 aliphatic rings. The molecule has 2 aromatic rings. The van der Waals surface area contributed by atoms with Crippen LogP contribution in [0.5, 0.6) is 5.75 Å². The lowest BCUT2D eigenvalue weighted by atomic mass is 10.1. The van der Waals surface area contributed by atoms with E-state index in [9.17, 15) is 27.6 Å². The maximum Gasteiger partial charge on any atom is 0.573 e. The number of amides is 4. The van der Waals surface area contributed by atoms with Crippen LogP contribution in [0.1, 0.15) is 23.7 Å². The van der Waals surface area contributed by atoms with Crippen LogP contribution >= 0.6 is 0 Å². The van der Waals surface area contributed by atoms with Crippen LogP contribution in [-0.4, -0.2) is 66.0 Å². The topological polar surface area (TPSA) is 104 Å². The molecule has 1 aromatic carbocycles. The first-order valence-electron chi connectivity index (χ1n) is 11.2. The van der Waals surface area contributed by atoms with Crippen molar-refractivity contribution in [2.75, 3.05) is 36.1 Å². The maximum absolute atomic E-state index is 13.6. The van der Waals surface area contributed by atoms with Crippen LogP contribution in [0.2, 0.25) is 0 Å². The van der Waals surface area contributed by atoms with Crippen molar-refractivity contribution in [2.45, 2.75) is 25.2 Å². The molecule has 2 saturated heterocycles. The molecule has 3 fully saturated rings. The van der Waals surface area contributed by atoms with Crippen LogP contribution in [-0.2, 0) is 9.53 Å². The van der Waals surface area contributed by atoms with Gasteiger partial charge < -0.3 is 9.47 Å². The van der Waals surface area contributed by atoms with Crippen molar-refractivity contribution in [3.63, 3.8) is 0 Å². The van der Waals surface area contributed by atoms with E-state index in [0.29, 0.717) is 32.7 Å². The van der Waals surface area contributed by atoms with Crippen molar-refractivity contribution in [3.8, 4) is 5.75 Å². The van der Waals surface area contributed by atoms with Gasteiger partial charge in [-0.05, 0) is 42.7 Å². The number of hydrogen-bond acceptors (Lipinski definition) is 7. The summed E-state index contributed by atoms with van der Waals surface area (Å²) in [5, 5.41) is 1.70. The van der Waals surface area contributed by atoms with E-state index in [1.165, 1.54) is 35.5 Å². The van der Waals surface area contributed by atoms with Crippen molar-refractivity contribution in [3.05, 3.63) is 48.3 Å². The highest BCUT2D eigenvalue weighted by Crippen LogP contribution is 2.55. The number of anilines is 2. The molecule has 1 aromatic heterocycles. The third kappa shape index (κ3) is 4.13. The Morgan fingerprint density at radius 3 is 2.44 bits per heavy atom. The molecule has 0 bridgehead atoms. The number of nitrogens with one attached hydrogen (secondary N) is 1. The highest BCUT2D eigenvalue weighted by atomic mass is 19.4. The lowest BCUT2D eigenvalue weighted by molar-refractivity contribution is -0.274. The molecule has 5 rings (SSSR count). The molecule has 2 aliphatic heterocycles. The summed E-state index contributed by atoms with van der Waals surface area (Å²) in [7, 11) is 0. The second kappa shape index (κ2) is 8.75. The summed E-state index contributed by atoms with van der Waals surface area (Å²) < 4.78 is 46.7. The van der Waals surface area contributed by atoms with Gasteiger partial charge in [0.25, 0.3) is 11.8 Å². The van der Waals surface area contributed by atoms with E-state index in [1.807, 2.05) is 6.92 Å². The fourth-order valence-electron chi connectivity index (χ4n) is 4.64. The fourth-order valence-corrected chi connectivity index (χ4v) is 4.64. The Kier molecular flexibility index (Phi) is 5.83. The Balaban J connectivity index is 1.46. The number of pyridine rings is 1. The number of carbonyl (C=O) groups excluding carboxylic acids is 3. The lowest BCUT2D eigenvalue weighted by Gasteiger charge is -2.28. The van der Waals surface area contributed by atoms with E-state index in [-0.39, 0.29) is 22.9 Å². The predicted octanol–water partition coefficient (Wildman–Crippen LogP) is 2.71. The van der Waals surface area contributed by atoms with Gasteiger partial charge in [-0.25, -0.2) is 14.7 Å². The molecule has 190 valence electrons. The summed E-state index contributed by atoms with van der Waals surface area (Å²) >= 11 is 0. The first-order chi connectivity index (χ1) is 17.1. The van der Waals surface area contributed by atoms with Crippen molar-refractivity contribution < 1.29 is 37.0 Å². The summed E-state index contributed by atoms with van der Waals surface area (Å²) in [6.45, 7) is 3.72. The Labute approximate surface area is 203 Å². The number of ether oxygens (including phenoxy) is 2. The summed E-state index contributed by atoms with van der Waals surface area (Å²) in [4.78, 5) is 46.5. The smallest absolute Gasteiger partial charge is 0.406 e. The van der Waals surface area contributed by atoms with Crippen LogP contribution < -0.4 is 20.0 Å². The quantitative estimate of drug-likeness (QED) is 0.624. The summed E-state index contributed by atoms with van der Waals surface area (Å²) in [6.07, 6.45) is -1.75. The second-order valence-electron chi connectivity index (χ2n) is 8.76. The number of hydrogen-bond donors (Lipinski definition) is 1. The number of nitrogens with zero attached hydrogens (tertiary/aromatic N) is 4. The lowest BCUT2D eigenvalue weighted by Crippen LogP contribution is -2.49. The molecule has 10 nitrogen and oxygen atoms in total. The number of imide groups is 1. The normalized spacial score (nSPS) is 24.4. The number of morpholine rings is 1. The van der Waals surface area contributed by atoms with Crippen molar-refractivity contribution in [1.82, 2.24) is 15.4 Å². The molecular formula is C23H22F3N5O5. The van der Waals surface area contributed by atoms with Gasteiger partial charge in [0.05, 0.1) is 30.2 Å². The minimum Gasteiger partial charge on any atom is -0.406 e. The van der Waals surface area contributed by atoms with Gasteiger partial charge in [-0.3, -0.25) is 24.9 Å². The molecule has 1 spiro atoms. The molecule has 36 heavy (non-hydrogen) atoms. The van der Waals surface area contributed by atoms with Gasteiger partial charge in [-0.1, -0.05) is 6.92 Å². The molecular weight excluding hydrogens is 483 g/mol. The third-order valence-corrected chi connectivity index (χ3v) is 6.51. The molecule has 3 heterocycles. The van der Waals surface area contributed by atoms with Gasteiger partial charge in [0.1, 0.15) is 11.3 Å². The molecule has 1 aliphatic carbocycles. The maximum atomic E-state index is 13.6. The molecule has 4 amide bonds.